The molecule has 18 heavy (non-hydrogen) atoms. The van der Waals surface area contributed by atoms with Gasteiger partial charge in [-0.05, 0) is 44.2 Å². The molecule has 2 rings (SSSR count). The van der Waals surface area contributed by atoms with Crippen molar-refractivity contribution in [3.63, 3.8) is 0 Å². The smallest absolute Gasteiger partial charge is 0.305 e. The number of hydrogen-bond acceptors (Lipinski definition) is 3. The van der Waals surface area contributed by atoms with Crippen LogP contribution >= 0.6 is 11.3 Å². The molecule has 0 spiro atoms. The van der Waals surface area contributed by atoms with Crippen LogP contribution in [0.5, 0.6) is 0 Å². The molecule has 0 radical (unpaired) electrons. The van der Waals surface area contributed by atoms with E-state index in [-0.39, 0.29) is 18.4 Å². The zero-order valence-corrected chi connectivity index (χ0v) is 11.2. The van der Waals surface area contributed by atoms with Gasteiger partial charge in [0.15, 0.2) is 0 Å². The fraction of sp³-hybridized carbons (Fsp3) is 0.538. The van der Waals surface area contributed by atoms with Crippen molar-refractivity contribution in [2.24, 2.45) is 0 Å². The number of carboxylic acid groups (broad SMARTS) is 1. The van der Waals surface area contributed by atoms with Gasteiger partial charge in [-0.3, -0.25) is 9.59 Å². The molecule has 0 aliphatic heterocycles. The predicted molar refractivity (Wildman–Crippen MR) is 70.1 cm³/mol. The Kier molecular flexibility index (Phi) is 4.01. The van der Waals surface area contributed by atoms with Gasteiger partial charge < -0.3 is 10.4 Å². The van der Waals surface area contributed by atoms with Crippen molar-refractivity contribution in [1.29, 1.82) is 0 Å². The maximum absolute atomic E-state index is 12.0. The Labute approximate surface area is 110 Å². The molecule has 0 aromatic carbocycles. The summed E-state index contributed by atoms with van der Waals surface area (Å²) in [7, 11) is 0. The maximum Gasteiger partial charge on any atom is 0.305 e. The van der Waals surface area contributed by atoms with Gasteiger partial charge in [0.05, 0.1) is 11.3 Å². The third kappa shape index (κ3) is 3.10. The van der Waals surface area contributed by atoms with Crippen molar-refractivity contribution < 1.29 is 14.7 Å². The third-order valence-corrected chi connectivity index (χ3v) is 4.31. The molecule has 1 aliphatic carbocycles. The third-order valence-electron chi connectivity index (χ3n) is 3.08. The number of nitrogens with one attached hydrogen (secondary N) is 1. The summed E-state index contributed by atoms with van der Waals surface area (Å²) in [5.74, 6) is -1.04. The molecule has 0 saturated heterocycles. The monoisotopic (exact) mass is 267 g/mol. The van der Waals surface area contributed by atoms with Crippen LogP contribution in [0.2, 0.25) is 0 Å². The van der Waals surface area contributed by atoms with E-state index < -0.39 is 5.97 Å². The van der Waals surface area contributed by atoms with Gasteiger partial charge in [-0.15, -0.1) is 11.3 Å². The SMILES string of the molecule is C[C@H](CC(=O)O)NC(=O)c1cc2c(s1)CCCC2. The second kappa shape index (κ2) is 5.52. The number of amides is 1. The standard InChI is InChI=1S/C13H17NO3S/c1-8(6-12(15)16)14-13(17)11-7-9-4-2-3-5-10(9)18-11/h7-8H,2-6H2,1H3,(H,14,17)(H,15,16)/t8-/m1/s1. The Morgan fingerprint density at radius 3 is 2.83 bits per heavy atom. The number of carbonyl (C=O) groups is 2. The first-order valence-electron chi connectivity index (χ1n) is 6.20. The molecular weight excluding hydrogens is 250 g/mol. The van der Waals surface area contributed by atoms with E-state index in [9.17, 15) is 9.59 Å². The Morgan fingerprint density at radius 2 is 2.17 bits per heavy atom. The first-order chi connectivity index (χ1) is 8.56. The zero-order chi connectivity index (χ0) is 13.1. The van der Waals surface area contributed by atoms with Crippen LogP contribution in [0.25, 0.3) is 0 Å². The summed E-state index contributed by atoms with van der Waals surface area (Å²) in [6.07, 6.45) is 4.47. The molecule has 0 saturated carbocycles. The number of carbonyl (C=O) groups excluding carboxylic acids is 1. The summed E-state index contributed by atoms with van der Waals surface area (Å²) in [5, 5.41) is 11.4. The van der Waals surface area contributed by atoms with Crippen molar-refractivity contribution >= 4 is 23.2 Å². The number of aryl methyl sites for hydroxylation is 2. The van der Waals surface area contributed by atoms with E-state index in [1.807, 2.05) is 6.07 Å². The average Bonchev–Trinajstić information content (AvgIpc) is 2.71. The number of carboxylic acids is 1. The normalized spacial score (nSPS) is 15.8. The molecule has 2 N–H and O–H groups in total. The Bertz CT molecular complexity index is 443. The lowest BCUT2D eigenvalue weighted by Crippen LogP contribution is -2.33. The minimum atomic E-state index is -0.895. The van der Waals surface area contributed by atoms with Crippen LogP contribution in [0.1, 0.15) is 46.3 Å². The molecule has 1 amide bonds. The van der Waals surface area contributed by atoms with Crippen LogP contribution in [0.3, 0.4) is 0 Å². The van der Waals surface area contributed by atoms with Crippen molar-refractivity contribution in [1.82, 2.24) is 5.32 Å². The van der Waals surface area contributed by atoms with Crippen LogP contribution in [-0.4, -0.2) is 23.0 Å². The summed E-state index contributed by atoms with van der Waals surface area (Å²) in [6.45, 7) is 1.71. The van der Waals surface area contributed by atoms with E-state index in [1.54, 1.807) is 18.3 Å². The lowest BCUT2D eigenvalue weighted by molar-refractivity contribution is -0.137. The number of thiophene rings is 1. The molecule has 0 unspecified atom stereocenters. The first kappa shape index (κ1) is 13.1. The van der Waals surface area contributed by atoms with E-state index in [4.69, 9.17) is 5.11 Å². The van der Waals surface area contributed by atoms with Crippen molar-refractivity contribution in [2.75, 3.05) is 0 Å². The first-order valence-corrected chi connectivity index (χ1v) is 7.02. The van der Waals surface area contributed by atoms with Gasteiger partial charge in [0, 0.05) is 10.9 Å². The van der Waals surface area contributed by atoms with Crippen LogP contribution in [-0.2, 0) is 17.6 Å². The Hall–Kier alpha value is -1.36. The molecule has 5 heteroatoms. The van der Waals surface area contributed by atoms with E-state index >= 15 is 0 Å². The molecular formula is C13H17NO3S. The highest BCUT2D eigenvalue weighted by Crippen LogP contribution is 2.29. The second-order valence-corrected chi connectivity index (χ2v) is 5.88. The lowest BCUT2D eigenvalue weighted by atomic mass is 9.99. The van der Waals surface area contributed by atoms with Crippen molar-refractivity contribution in [3.8, 4) is 0 Å². The second-order valence-electron chi connectivity index (χ2n) is 4.74. The van der Waals surface area contributed by atoms with Crippen LogP contribution in [0.4, 0.5) is 0 Å². The topological polar surface area (TPSA) is 66.4 Å². The Balaban J connectivity index is 2.00. The van der Waals surface area contributed by atoms with E-state index in [2.05, 4.69) is 5.32 Å². The molecule has 1 aromatic heterocycles. The number of fused-ring (bicyclic) bond motifs is 1. The van der Waals surface area contributed by atoms with Crippen LogP contribution in [0.15, 0.2) is 6.07 Å². The van der Waals surface area contributed by atoms with Gasteiger partial charge in [-0.2, -0.15) is 0 Å². The van der Waals surface area contributed by atoms with Gasteiger partial charge in [-0.1, -0.05) is 0 Å². The highest BCUT2D eigenvalue weighted by atomic mass is 32.1. The van der Waals surface area contributed by atoms with Gasteiger partial charge >= 0.3 is 5.97 Å². The van der Waals surface area contributed by atoms with Gasteiger partial charge in [0.25, 0.3) is 5.91 Å². The predicted octanol–water partition coefficient (Wildman–Crippen LogP) is 2.22. The number of rotatable bonds is 4. The fourth-order valence-corrected chi connectivity index (χ4v) is 3.37. The molecule has 1 atom stereocenters. The molecule has 1 heterocycles. The lowest BCUT2D eigenvalue weighted by Gasteiger charge is -2.09. The molecule has 0 bridgehead atoms. The van der Waals surface area contributed by atoms with Gasteiger partial charge in [0.1, 0.15) is 0 Å². The highest BCUT2D eigenvalue weighted by Gasteiger charge is 2.18. The van der Waals surface area contributed by atoms with Gasteiger partial charge in [-0.25, -0.2) is 0 Å². The summed E-state index contributed by atoms with van der Waals surface area (Å²) in [6, 6.07) is 1.62. The zero-order valence-electron chi connectivity index (χ0n) is 10.4. The van der Waals surface area contributed by atoms with Crippen LogP contribution < -0.4 is 5.32 Å². The van der Waals surface area contributed by atoms with E-state index in [1.165, 1.54) is 23.3 Å². The van der Waals surface area contributed by atoms with E-state index in [0.717, 1.165) is 12.8 Å². The fourth-order valence-electron chi connectivity index (χ4n) is 2.21. The number of aliphatic carboxylic acids is 1. The molecule has 1 aromatic rings. The molecule has 0 fully saturated rings. The minimum absolute atomic E-state index is 0.0448. The Morgan fingerprint density at radius 1 is 1.44 bits per heavy atom. The summed E-state index contributed by atoms with van der Waals surface area (Å²) in [5.41, 5.74) is 1.29. The van der Waals surface area contributed by atoms with Crippen molar-refractivity contribution in [3.05, 3.63) is 21.4 Å². The molecule has 4 nitrogen and oxygen atoms in total. The summed E-state index contributed by atoms with van der Waals surface area (Å²) >= 11 is 1.54. The quantitative estimate of drug-likeness (QED) is 0.879. The summed E-state index contributed by atoms with van der Waals surface area (Å²) < 4.78 is 0. The average molecular weight is 267 g/mol. The van der Waals surface area contributed by atoms with Crippen LogP contribution in [0, 0.1) is 0 Å². The van der Waals surface area contributed by atoms with Gasteiger partial charge in [0.2, 0.25) is 0 Å². The molecule has 1 aliphatic rings. The largest absolute Gasteiger partial charge is 0.481 e. The summed E-state index contributed by atoms with van der Waals surface area (Å²) in [4.78, 5) is 24.5. The highest BCUT2D eigenvalue weighted by molar-refractivity contribution is 7.14. The van der Waals surface area contributed by atoms with E-state index in [0.29, 0.717) is 4.88 Å². The minimum Gasteiger partial charge on any atom is -0.481 e. The number of hydrogen-bond donors (Lipinski definition) is 2. The van der Waals surface area contributed by atoms with Crippen molar-refractivity contribution in [2.45, 2.75) is 45.1 Å². The maximum atomic E-state index is 12.0. The molecule has 98 valence electrons.